The zero-order valence-electron chi connectivity index (χ0n) is 21.6. The summed E-state index contributed by atoms with van der Waals surface area (Å²) in [7, 11) is -3.80. The summed E-state index contributed by atoms with van der Waals surface area (Å²) in [6, 6.07) is 11.0. The Morgan fingerprint density at radius 2 is 1.74 bits per heavy atom. The number of hydrogen-bond acceptors (Lipinski definition) is 6. The van der Waals surface area contributed by atoms with Crippen LogP contribution in [0.25, 0.3) is 16.8 Å². The van der Waals surface area contributed by atoms with Crippen LogP contribution >= 0.6 is 0 Å². The molecule has 0 unspecified atom stereocenters. The third-order valence-corrected chi connectivity index (χ3v) is 8.65. The second-order valence-electron chi connectivity index (χ2n) is 9.41. The minimum absolute atomic E-state index is 0.0773. The number of ether oxygens (including phenoxy) is 1. The average Bonchev–Trinajstić information content (AvgIpc) is 3.26. The number of anilines is 1. The molecule has 198 valence electrons. The van der Waals surface area contributed by atoms with E-state index in [1.165, 1.54) is 22.5 Å². The normalized spacial score (nSPS) is 14.7. The molecule has 5 rings (SSSR count). The smallest absolute Gasteiger partial charge is 0.276 e. The SMILES string of the molecule is Cc1cc(C)n2nc(C(=O)Nc3ccc(F)cc3C)c(-c3ccc(C)c(S(=O)(=O)N4CCOCC4)c3)c2n1. The molecular weight excluding hydrogens is 509 g/mol. The van der Waals surface area contributed by atoms with E-state index in [-0.39, 0.29) is 23.7 Å². The topological polar surface area (TPSA) is 106 Å². The maximum absolute atomic E-state index is 13.6. The van der Waals surface area contributed by atoms with Gasteiger partial charge in [0.25, 0.3) is 5.91 Å². The van der Waals surface area contributed by atoms with Crippen molar-refractivity contribution in [2.45, 2.75) is 32.6 Å². The highest BCUT2D eigenvalue weighted by Crippen LogP contribution is 2.33. The van der Waals surface area contributed by atoms with Gasteiger partial charge in [-0.1, -0.05) is 12.1 Å². The number of halogens is 1. The molecule has 1 N–H and O–H groups in total. The number of carbonyl (C=O) groups is 1. The summed E-state index contributed by atoms with van der Waals surface area (Å²) in [5.41, 5.74) is 4.50. The molecule has 0 spiro atoms. The number of rotatable bonds is 5. The summed E-state index contributed by atoms with van der Waals surface area (Å²) in [4.78, 5) is 18.4. The van der Waals surface area contributed by atoms with Gasteiger partial charge in [0.05, 0.1) is 23.7 Å². The molecule has 0 aliphatic carbocycles. The Bertz CT molecular complexity index is 1680. The highest BCUT2D eigenvalue weighted by atomic mass is 32.2. The minimum atomic E-state index is -3.80. The Kier molecular flexibility index (Phi) is 6.76. The molecule has 0 saturated carbocycles. The number of nitrogens with one attached hydrogen (secondary N) is 1. The Morgan fingerprint density at radius 1 is 1.00 bits per heavy atom. The van der Waals surface area contributed by atoms with E-state index in [0.29, 0.717) is 46.8 Å². The molecule has 2 aromatic carbocycles. The van der Waals surface area contributed by atoms with Gasteiger partial charge in [-0.15, -0.1) is 0 Å². The van der Waals surface area contributed by atoms with Gasteiger partial charge in [0.15, 0.2) is 11.3 Å². The van der Waals surface area contributed by atoms with Gasteiger partial charge in [0, 0.05) is 30.2 Å². The van der Waals surface area contributed by atoms with Crippen LogP contribution in [0.15, 0.2) is 47.4 Å². The predicted molar refractivity (Wildman–Crippen MR) is 141 cm³/mol. The molecule has 2 aromatic heterocycles. The van der Waals surface area contributed by atoms with Crippen LogP contribution in [0.4, 0.5) is 10.1 Å². The largest absolute Gasteiger partial charge is 0.379 e. The van der Waals surface area contributed by atoms with Crippen molar-refractivity contribution in [3.8, 4) is 11.1 Å². The van der Waals surface area contributed by atoms with E-state index in [1.807, 2.05) is 19.9 Å². The number of sulfonamides is 1. The fourth-order valence-electron chi connectivity index (χ4n) is 4.65. The lowest BCUT2D eigenvalue weighted by Gasteiger charge is -2.26. The maximum atomic E-state index is 13.6. The summed E-state index contributed by atoms with van der Waals surface area (Å²) in [6.45, 7) is 8.35. The number of aryl methyl sites for hydroxylation is 4. The summed E-state index contributed by atoms with van der Waals surface area (Å²) in [5.74, 6) is -0.923. The number of morpholine rings is 1. The first-order valence-corrected chi connectivity index (χ1v) is 13.6. The fraction of sp³-hybridized carbons (Fsp3) is 0.296. The quantitative estimate of drug-likeness (QED) is 0.412. The second-order valence-corrected chi connectivity index (χ2v) is 11.3. The zero-order chi connectivity index (χ0) is 27.2. The van der Waals surface area contributed by atoms with Gasteiger partial charge in [0.2, 0.25) is 10.0 Å². The molecule has 1 amide bonds. The lowest BCUT2D eigenvalue weighted by atomic mass is 10.0. The van der Waals surface area contributed by atoms with Crippen molar-refractivity contribution < 1.29 is 22.3 Å². The van der Waals surface area contributed by atoms with Crippen molar-refractivity contribution in [2.24, 2.45) is 0 Å². The van der Waals surface area contributed by atoms with E-state index in [2.05, 4.69) is 15.4 Å². The molecule has 1 saturated heterocycles. The number of benzene rings is 2. The number of fused-ring (bicyclic) bond motifs is 1. The third kappa shape index (κ3) is 4.68. The van der Waals surface area contributed by atoms with E-state index in [4.69, 9.17) is 4.74 Å². The summed E-state index contributed by atoms with van der Waals surface area (Å²) in [6.07, 6.45) is 0. The van der Waals surface area contributed by atoms with Crippen LogP contribution in [0.3, 0.4) is 0 Å². The van der Waals surface area contributed by atoms with Crippen LogP contribution in [-0.4, -0.2) is 59.5 Å². The number of nitrogens with zero attached hydrogens (tertiary/aromatic N) is 4. The van der Waals surface area contributed by atoms with Crippen LogP contribution in [0, 0.1) is 33.5 Å². The molecule has 1 aliphatic heterocycles. The Balaban J connectivity index is 1.67. The molecule has 1 aliphatic rings. The van der Waals surface area contributed by atoms with Gasteiger partial charge < -0.3 is 10.1 Å². The first-order chi connectivity index (χ1) is 18.1. The first-order valence-electron chi connectivity index (χ1n) is 12.2. The highest BCUT2D eigenvalue weighted by molar-refractivity contribution is 7.89. The summed E-state index contributed by atoms with van der Waals surface area (Å²) < 4.78 is 49.0. The van der Waals surface area contributed by atoms with Crippen LogP contribution in [0.5, 0.6) is 0 Å². The molecule has 0 atom stereocenters. The van der Waals surface area contributed by atoms with Gasteiger partial charge in [-0.25, -0.2) is 22.3 Å². The molecule has 1 fully saturated rings. The summed E-state index contributed by atoms with van der Waals surface area (Å²) >= 11 is 0. The van der Waals surface area contributed by atoms with E-state index in [0.717, 1.165) is 11.4 Å². The number of amides is 1. The van der Waals surface area contributed by atoms with E-state index in [9.17, 15) is 17.6 Å². The number of carbonyl (C=O) groups excluding carboxylic acids is 1. The summed E-state index contributed by atoms with van der Waals surface area (Å²) in [5, 5.41) is 7.39. The second kappa shape index (κ2) is 9.90. The maximum Gasteiger partial charge on any atom is 0.276 e. The minimum Gasteiger partial charge on any atom is -0.379 e. The lowest BCUT2D eigenvalue weighted by molar-refractivity contribution is 0.0730. The van der Waals surface area contributed by atoms with Crippen molar-refractivity contribution in [1.82, 2.24) is 18.9 Å². The van der Waals surface area contributed by atoms with Crippen molar-refractivity contribution >= 4 is 27.3 Å². The van der Waals surface area contributed by atoms with E-state index in [1.54, 1.807) is 36.6 Å². The number of hydrogen-bond donors (Lipinski definition) is 1. The fourth-order valence-corrected chi connectivity index (χ4v) is 6.31. The van der Waals surface area contributed by atoms with Crippen LogP contribution in [-0.2, 0) is 14.8 Å². The Labute approximate surface area is 220 Å². The Morgan fingerprint density at radius 3 is 2.45 bits per heavy atom. The molecule has 9 nitrogen and oxygen atoms in total. The van der Waals surface area contributed by atoms with Gasteiger partial charge in [0.1, 0.15) is 5.82 Å². The van der Waals surface area contributed by atoms with Gasteiger partial charge in [-0.3, -0.25) is 4.79 Å². The number of aromatic nitrogens is 3. The highest BCUT2D eigenvalue weighted by Gasteiger charge is 2.30. The van der Waals surface area contributed by atoms with Gasteiger partial charge in [-0.2, -0.15) is 9.40 Å². The Hall–Kier alpha value is -3.67. The third-order valence-electron chi connectivity index (χ3n) is 6.61. The van der Waals surface area contributed by atoms with Gasteiger partial charge >= 0.3 is 0 Å². The van der Waals surface area contributed by atoms with Crippen LogP contribution in [0.1, 0.15) is 33.0 Å². The van der Waals surface area contributed by atoms with E-state index >= 15 is 0 Å². The van der Waals surface area contributed by atoms with Crippen LogP contribution < -0.4 is 5.32 Å². The molecule has 4 aromatic rings. The molecular formula is C27H28FN5O4S. The van der Waals surface area contributed by atoms with Crippen molar-refractivity contribution in [1.29, 1.82) is 0 Å². The molecule has 11 heteroatoms. The predicted octanol–water partition coefficient (Wildman–Crippen LogP) is 4.04. The standard InChI is InChI=1S/C27H28FN5O4S/c1-16-5-6-20(15-23(16)38(35,36)32-9-11-37-12-10-32)24-25(31-33-19(4)14-18(3)29-26(24)33)27(34)30-22-8-7-21(28)13-17(22)2/h5-8,13-15H,9-12H2,1-4H3,(H,30,34). The molecule has 38 heavy (non-hydrogen) atoms. The average molecular weight is 538 g/mol. The molecule has 0 bridgehead atoms. The van der Waals surface area contributed by atoms with Crippen molar-refractivity contribution in [2.75, 3.05) is 31.6 Å². The van der Waals surface area contributed by atoms with Crippen LogP contribution in [0.2, 0.25) is 0 Å². The first kappa shape index (κ1) is 26.0. The lowest BCUT2D eigenvalue weighted by Crippen LogP contribution is -2.40. The van der Waals surface area contributed by atoms with Crippen molar-refractivity contribution in [3.63, 3.8) is 0 Å². The van der Waals surface area contributed by atoms with Crippen molar-refractivity contribution in [3.05, 3.63) is 76.5 Å². The molecule has 0 radical (unpaired) electrons. The molecule has 3 heterocycles. The van der Waals surface area contributed by atoms with Gasteiger partial charge in [-0.05, 0) is 74.7 Å². The zero-order valence-corrected chi connectivity index (χ0v) is 22.4. The van der Waals surface area contributed by atoms with E-state index < -0.39 is 21.7 Å². The monoisotopic (exact) mass is 537 g/mol.